The van der Waals surface area contributed by atoms with E-state index in [-0.39, 0.29) is 0 Å². The van der Waals surface area contributed by atoms with Gasteiger partial charge in [0.2, 0.25) is 0 Å². The summed E-state index contributed by atoms with van der Waals surface area (Å²) in [6.07, 6.45) is 0. The molecule has 4 heteroatoms. The molecule has 170 valence electrons. The highest BCUT2D eigenvalue weighted by atomic mass is 28.3. The van der Waals surface area contributed by atoms with Crippen molar-refractivity contribution in [3.05, 3.63) is 102 Å². The third-order valence-corrected chi connectivity index (χ3v) is 10.9. The summed E-state index contributed by atoms with van der Waals surface area (Å²) in [7, 11) is -2.59. The zero-order chi connectivity index (χ0) is 23.9. The molecule has 0 amide bonds. The third kappa shape index (κ3) is 4.52. The Balaban J connectivity index is 2.04. The maximum atomic E-state index is 6.69. The molecule has 1 saturated heterocycles. The summed E-state index contributed by atoms with van der Waals surface area (Å²) in [5.41, 5.74) is 3.98. The molecule has 1 heterocycles. The van der Waals surface area contributed by atoms with E-state index < -0.39 is 26.4 Å². The van der Waals surface area contributed by atoms with E-state index in [1.807, 2.05) is 0 Å². The topological polar surface area (TPSA) is 18.5 Å². The molecule has 0 saturated carbocycles. The van der Waals surface area contributed by atoms with Gasteiger partial charge in [0.05, 0.1) is 11.2 Å². The lowest BCUT2D eigenvalue weighted by Gasteiger charge is -2.32. The van der Waals surface area contributed by atoms with Gasteiger partial charge in [-0.1, -0.05) is 109 Å². The van der Waals surface area contributed by atoms with Crippen LogP contribution in [0.5, 0.6) is 0 Å². The van der Waals surface area contributed by atoms with Gasteiger partial charge in [0, 0.05) is 0 Å². The van der Waals surface area contributed by atoms with Crippen molar-refractivity contribution in [1.29, 1.82) is 0 Å². The first-order valence-electron chi connectivity index (χ1n) is 11.8. The first-order valence-corrected chi connectivity index (χ1v) is 14.8. The fourth-order valence-corrected chi connectivity index (χ4v) is 7.69. The second kappa shape index (κ2) is 8.75. The molecule has 0 spiro atoms. The Morgan fingerprint density at radius 1 is 0.667 bits per heavy atom. The molecular weight excluding hydrogens is 419 g/mol. The van der Waals surface area contributed by atoms with Crippen LogP contribution in [-0.2, 0) is 9.31 Å². The van der Waals surface area contributed by atoms with Crippen LogP contribution in [0.4, 0.5) is 0 Å². The van der Waals surface area contributed by atoms with Gasteiger partial charge < -0.3 is 9.31 Å². The number of rotatable bonds is 5. The number of benzene rings is 3. The molecular formula is C29H35BO2Si. The van der Waals surface area contributed by atoms with Crippen LogP contribution in [0.2, 0.25) is 13.1 Å². The van der Waals surface area contributed by atoms with Crippen LogP contribution in [0.15, 0.2) is 84.9 Å². The molecule has 0 bridgehead atoms. The van der Waals surface area contributed by atoms with Crippen LogP contribution in [0, 0.1) is 6.92 Å². The quantitative estimate of drug-likeness (QED) is 0.316. The smallest absolute Gasteiger partial charge is 0.399 e. The lowest BCUT2D eigenvalue weighted by molar-refractivity contribution is 0.00578. The summed E-state index contributed by atoms with van der Waals surface area (Å²) in [5.74, 6) is 0. The van der Waals surface area contributed by atoms with Gasteiger partial charge in [0.1, 0.15) is 8.07 Å². The van der Waals surface area contributed by atoms with E-state index in [1.165, 1.54) is 21.5 Å². The molecule has 0 atom stereocenters. The minimum Gasteiger partial charge on any atom is -0.399 e. The molecule has 0 unspecified atom stereocenters. The first-order chi connectivity index (χ1) is 15.5. The molecule has 1 aliphatic rings. The minimum absolute atomic E-state index is 0.409. The zero-order valence-electron chi connectivity index (χ0n) is 21.0. The molecule has 0 radical (unpaired) electrons. The van der Waals surface area contributed by atoms with E-state index in [0.717, 1.165) is 11.0 Å². The maximum absolute atomic E-state index is 6.69. The summed E-state index contributed by atoms with van der Waals surface area (Å²) in [6, 6.07) is 30.5. The third-order valence-electron chi connectivity index (χ3n) is 7.30. The zero-order valence-corrected chi connectivity index (χ0v) is 22.0. The largest absolute Gasteiger partial charge is 0.495 e. The van der Waals surface area contributed by atoms with Gasteiger partial charge in [-0.05, 0) is 56.4 Å². The highest BCUT2D eigenvalue weighted by Gasteiger charge is 2.54. The lowest BCUT2D eigenvalue weighted by Crippen LogP contribution is -2.44. The van der Waals surface area contributed by atoms with E-state index in [4.69, 9.17) is 9.31 Å². The molecule has 2 nitrogen and oxygen atoms in total. The second-order valence-corrected chi connectivity index (χ2v) is 14.9. The average Bonchev–Trinajstić information content (AvgIpc) is 3.00. The van der Waals surface area contributed by atoms with Crippen molar-refractivity contribution in [1.82, 2.24) is 0 Å². The lowest BCUT2D eigenvalue weighted by atomic mass is 9.72. The second-order valence-electron chi connectivity index (χ2n) is 10.6. The summed E-state index contributed by atoms with van der Waals surface area (Å²) in [4.78, 5) is 0. The number of aryl methyl sites for hydroxylation is 1. The van der Waals surface area contributed by atoms with Gasteiger partial charge in [-0.2, -0.15) is 0 Å². The molecule has 3 aromatic rings. The van der Waals surface area contributed by atoms with Crippen LogP contribution >= 0.6 is 0 Å². The molecule has 3 aromatic carbocycles. The van der Waals surface area contributed by atoms with Gasteiger partial charge in [-0.25, -0.2) is 0 Å². The Morgan fingerprint density at radius 3 is 1.67 bits per heavy atom. The van der Waals surface area contributed by atoms with Crippen molar-refractivity contribution in [2.75, 3.05) is 0 Å². The van der Waals surface area contributed by atoms with Crippen LogP contribution in [0.25, 0.3) is 10.7 Å². The Bertz CT molecular complexity index is 1120. The van der Waals surface area contributed by atoms with E-state index in [9.17, 15) is 0 Å². The molecule has 33 heavy (non-hydrogen) atoms. The van der Waals surface area contributed by atoms with Crippen LogP contribution in [-0.4, -0.2) is 26.4 Å². The van der Waals surface area contributed by atoms with Crippen LogP contribution in [0.3, 0.4) is 0 Å². The summed E-state index contributed by atoms with van der Waals surface area (Å²) < 4.78 is 13.4. The summed E-state index contributed by atoms with van der Waals surface area (Å²) >= 11 is 0. The van der Waals surface area contributed by atoms with E-state index >= 15 is 0 Å². The highest BCUT2D eigenvalue weighted by molar-refractivity contribution is 7.07. The molecule has 4 rings (SSSR count). The standard InChI is InChI=1S/C29H35BO2Si/c1-22-18-20-23(21-19-22)26(30-31-28(2,3)29(4,5)32-30)27(24-14-10-8-11-15-24)33(6,7)25-16-12-9-13-17-25/h8-21H,1-7H3/b27-26+. The van der Waals surface area contributed by atoms with Gasteiger partial charge >= 0.3 is 7.12 Å². The molecule has 0 aliphatic carbocycles. The summed E-state index contributed by atoms with van der Waals surface area (Å²) in [5, 5.41) is 2.75. The fraction of sp³-hybridized carbons (Fsp3) is 0.310. The van der Waals surface area contributed by atoms with Gasteiger partial charge in [-0.15, -0.1) is 0 Å². The van der Waals surface area contributed by atoms with E-state index in [0.29, 0.717) is 0 Å². The predicted octanol–water partition coefficient (Wildman–Crippen LogP) is 6.69. The van der Waals surface area contributed by atoms with Crippen molar-refractivity contribution in [3.8, 4) is 0 Å². The van der Waals surface area contributed by atoms with Crippen LogP contribution in [0.1, 0.15) is 44.4 Å². The SMILES string of the molecule is Cc1ccc(/C(B2OC(C)(C)C(C)(C)O2)=C(/c2ccccc2)[Si](C)(C)c2ccccc2)cc1. The van der Waals surface area contributed by atoms with Crippen molar-refractivity contribution < 1.29 is 9.31 Å². The number of hydrogen-bond donors (Lipinski definition) is 0. The Labute approximate surface area is 200 Å². The predicted molar refractivity (Wildman–Crippen MR) is 144 cm³/mol. The van der Waals surface area contributed by atoms with Gasteiger partial charge in [-0.3, -0.25) is 0 Å². The molecule has 1 aliphatic heterocycles. The molecule has 0 aromatic heterocycles. The van der Waals surface area contributed by atoms with Crippen molar-refractivity contribution in [3.63, 3.8) is 0 Å². The summed E-state index contributed by atoms with van der Waals surface area (Å²) in [6.45, 7) is 15.5. The van der Waals surface area contributed by atoms with Crippen molar-refractivity contribution in [2.24, 2.45) is 0 Å². The highest BCUT2D eigenvalue weighted by Crippen LogP contribution is 2.44. The Morgan fingerprint density at radius 2 is 1.15 bits per heavy atom. The van der Waals surface area contributed by atoms with E-state index in [2.05, 4.69) is 133 Å². The fourth-order valence-electron chi connectivity index (χ4n) is 4.55. The monoisotopic (exact) mass is 454 g/mol. The van der Waals surface area contributed by atoms with E-state index in [1.54, 1.807) is 0 Å². The van der Waals surface area contributed by atoms with Crippen molar-refractivity contribution >= 4 is 31.0 Å². The van der Waals surface area contributed by atoms with Crippen LogP contribution < -0.4 is 5.19 Å². The van der Waals surface area contributed by atoms with Gasteiger partial charge in [0.15, 0.2) is 0 Å². The Kier molecular flexibility index (Phi) is 6.30. The van der Waals surface area contributed by atoms with Gasteiger partial charge in [0.25, 0.3) is 0 Å². The first kappa shape index (κ1) is 23.7. The maximum Gasteiger partial charge on any atom is 0.495 e. The minimum atomic E-state index is -2.15. The number of hydrogen-bond acceptors (Lipinski definition) is 2. The molecule has 1 fully saturated rings. The Hall–Kier alpha value is -2.40. The normalized spacial score (nSPS) is 18.2. The van der Waals surface area contributed by atoms with Crippen molar-refractivity contribution in [2.45, 2.75) is 58.9 Å². The average molecular weight is 454 g/mol. The molecule has 0 N–H and O–H groups in total.